The fourth-order valence-electron chi connectivity index (χ4n) is 0.639. The van der Waals surface area contributed by atoms with Gasteiger partial charge in [0.25, 0.3) is 0 Å². The zero-order chi connectivity index (χ0) is 10.9. The Labute approximate surface area is 90.6 Å². The minimum Gasteiger partial charge on any atom is -0.315 e. The van der Waals surface area contributed by atoms with Crippen molar-refractivity contribution in [1.82, 2.24) is 5.32 Å². The van der Waals surface area contributed by atoms with Crippen LogP contribution in [-0.4, -0.2) is 35.9 Å². The summed E-state index contributed by atoms with van der Waals surface area (Å²) in [7, 11) is 0. The van der Waals surface area contributed by atoms with Crippen LogP contribution >= 0.6 is 23.5 Å². The standard InChI is InChI=1S/C8H12F3NS2/c1-2-5-13-6-3-12-4-7-14-8(9,10)11/h1,12H,3-7H2. The molecule has 0 unspecified atom stereocenters. The predicted octanol–water partition coefficient (Wildman–Crippen LogP) is 2.20. The second kappa shape index (κ2) is 8.33. The van der Waals surface area contributed by atoms with E-state index in [4.69, 9.17) is 6.42 Å². The number of rotatable bonds is 7. The van der Waals surface area contributed by atoms with E-state index in [9.17, 15) is 13.2 Å². The van der Waals surface area contributed by atoms with Crippen molar-refractivity contribution < 1.29 is 13.2 Å². The first-order valence-corrected chi connectivity index (χ1v) is 6.13. The number of nitrogens with one attached hydrogen (secondary N) is 1. The maximum Gasteiger partial charge on any atom is 0.441 e. The molecule has 82 valence electrons. The van der Waals surface area contributed by atoms with Crippen molar-refractivity contribution in [2.24, 2.45) is 0 Å². The Morgan fingerprint density at radius 1 is 1.21 bits per heavy atom. The third kappa shape index (κ3) is 12.0. The Bertz CT molecular complexity index is 176. The van der Waals surface area contributed by atoms with Gasteiger partial charge in [0.2, 0.25) is 0 Å². The van der Waals surface area contributed by atoms with E-state index in [0.717, 1.165) is 5.75 Å². The maximum atomic E-state index is 11.6. The molecular formula is C8H12F3NS2. The molecular weight excluding hydrogens is 231 g/mol. The van der Waals surface area contributed by atoms with E-state index in [0.29, 0.717) is 18.8 Å². The van der Waals surface area contributed by atoms with Crippen LogP contribution < -0.4 is 5.32 Å². The predicted molar refractivity (Wildman–Crippen MR) is 57.5 cm³/mol. The van der Waals surface area contributed by atoms with Crippen LogP contribution in [0, 0.1) is 12.3 Å². The molecule has 0 saturated heterocycles. The van der Waals surface area contributed by atoms with Gasteiger partial charge >= 0.3 is 5.51 Å². The molecule has 0 aliphatic heterocycles. The van der Waals surface area contributed by atoms with E-state index in [2.05, 4.69) is 11.2 Å². The lowest BCUT2D eigenvalue weighted by Crippen LogP contribution is -2.21. The van der Waals surface area contributed by atoms with Gasteiger partial charge in [-0.25, -0.2) is 0 Å². The summed E-state index contributed by atoms with van der Waals surface area (Å²) < 4.78 is 34.9. The van der Waals surface area contributed by atoms with E-state index in [1.807, 2.05) is 0 Å². The van der Waals surface area contributed by atoms with Crippen LogP contribution in [-0.2, 0) is 0 Å². The van der Waals surface area contributed by atoms with E-state index in [1.165, 1.54) is 0 Å². The molecule has 0 rings (SSSR count). The van der Waals surface area contributed by atoms with Gasteiger partial charge in [0.15, 0.2) is 0 Å². The molecule has 0 heterocycles. The van der Waals surface area contributed by atoms with Gasteiger partial charge in [-0.1, -0.05) is 5.92 Å². The highest BCUT2D eigenvalue weighted by molar-refractivity contribution is 8.00. The SMILES string of the molecule is C#CCSCCNCCSC(F)(F)F. The summed E-state index contributed by atoms with van der Waals surface area (Å²) in [5, 5.41) is 2.91. The Kier molecular flexibility index (Phi) is 8.34. The van der Waals surface area contributed by atoms with Gasteiger partial charge in [0.05, 0.1) is 5.75 Å². The minimum atomic E-state index is -4.11. The summed E-state index contributed by atoms with van der Waals surface area (Å²) in [6, 6.07) is 0. The lowest BCUT2D eigenvalue weighted by molar-refractivity contribution is -0.0327. The maximum absolute atomic E-state index is 11.6. The zero-order valence-electron chi connectivity index (χ0n) is 7.56. The molecule has 0 spiro atoms. The molecule has 0 bridgehead atoms. The monoisotopic (exact) mass is 243 g/mol. The Balaban J connectivity index is 3.04. The highest BCUT2D eigenvalue weighted by atomic mass is 32.2. The first-order chi connectivity index (χ1) is 6.56. The molecule has 0 aromatic carbocycles. The topological polar surface area (TPSA) is 12.0 Å². The van der Waals surface area contributed by atoms with Crippen molar-refractivity contribution in [1.29, 1.82) is 0 Å². The molecule has 14 heavy (non-hydrogen) atoms. The smallest absolute Gasteiger partial charge is 0.315 e. The molecule has 0 aromatic heterocycles. The molecule has 1 nitrogen and oxygen atoms in total. The molecule has 1 N–H and O–H groups in total. The summed E-state index contributed by atoms with van der Waals surface area (Å²) in [5.74, 6) is 4.02. The van der Waals surface area contributed by atoms with Gasteiger partial charge in [-0.3, -0.25) is 0 Å². The van der Waals surface area contributed by atoms with Crippen LogP contribution in [0.15, 0.2) is 0 Å². The molecule has 0 aliphatic rings. The Morgan fingerprint density at radius 3 is 2.43 bits per heavy atom. The molecule has 0 amide bonds. The molecule has 0 aromatic rings. The van der Waals surface area contributed by atoms with Gasteiger partial charge in [0.1, 0.15) is 0 Å². The highest BCUT2D eigenvalue weighted by Gasteiger charge is 2.27. The quantitative estimate of drug-likeness (QED) is 0.544. The molecule has 6 heteroatoms. The molecule has 0 saturated carbocycles. The van der Waals surface area contributed by atoms with Gasteiger partial charge < -0.3 is 5.32 Å². The van der Waals surface area contributed by atoms with Gasteiger partial charge in [0, 0.05) is 24.6 Å². The van der Waals surface area contributed by atoms with Crippen molar-refractivity contribution in [3.05, 3.63) is 0 Å². The van der Waals surface area contributed by atoms with Crippen molar-refractivity contribution >= 4 is 23.5 Å². The fraction of sp³-hybridized carbons (Fsp3) is 0.750. The van der Waals surface area contributed by atoms with Crippen molar-refractivity contribution in [3.8, 4) is 12.3 Å². The number of thioether (sulfide) groups is 2. The first-order valence-electron chi connectivity index (χ1n) is 3.99. The number of halogens is 3. The van der Waals surface area contributed by atoms with E-state index < -0.39 is 5.51 Å². The van der Waals surface area contributed by atoms with Crippen LogP contribution in [0.3, 0.4) is 0 Å². The molecule has 0 fully saturated rings. The lowest BCUT2D eigenvalue weighted by atomic mass is 10.7. The van der Waals surface area contributed by atoms with Gasteiger partial charge in [-0.2, -0.15) is 13.2 Å². The van der Waals surface area contributed by atoms with Crippen molar-refractivity contribution in [2.45, 2.75) is 5.51 Å². The molecule has 0 aliphatic carbocycles. The number of hydrogen-bond acceptors (Lipinski definition) is 3. The van der Waals surface area contributed by atoms with E-state index >= 15 is 0 Å². The van der Waals surface area contributed by atoms with E-state index in [1.54, 1.807) is 11.8 Å². The first kappa shape index (κ1) is 14.0. The average molecular weight is 243 g/mol. The fourth-order valence-corrected chi connectivity index (χ4v) is 1.67. The highest BCUT2D eigenvalue weighted by Crippen LogP contribution is 2.29. The summed E-state index contributed by atoms with van der Waals surface area (Å²) >= 11 is 1.59. The Hall–Kier alpha value is 0.01000. The largest absolute Gasteiger partial charge is 0.441 e. The summed E-state index contributed by atoms with van der Waals surface area (Å²) in [6.45, 7) is 1.07. The van der Waals surface area contributed by atoms with E-state index in [-0.39, 0.29) is 17.5 Å². The van der Waals surface area contributed by atoms with Crippen LogP contribution in [0.4, 0.5) is 13.2 Å². The second-order valence-corrected chi connectivity index (χ2v) is 4.57. The van der Waals surface area contributed by atoms with Crippen molar-refractivity contribution in [3.63, 3.8) is 0 Å². The molecule has 0 radical (unpaired) electrons. The number of terminal acetylenes is 1. The van der Waals surface area contributed by atoms with Crippen LogP contribution in [0.5, 0.6) is 0 Å². The number of hydrogen-bond donors (Lipinski definition) is 1. The molecule has 0 atom stereocenters. The average Bonchev–Trinajstić information content (AvgIpc) is 2.08. The Morgan fingerprint density at radius 2 is 1.86 bits per heavy atom. The van der Waals surface area contributed by atoms with Crippen LogP contribution in [0.2, 0.25) is 0 Å². The summed E-state index contributed by atoms with van der Waals surface area (Å²) in [5.41, 5.74) is -4.11. The summed E-state index contributed by atoms with van der Waals surface area (Å²) in [4.78, 5) is 0. The zero-order valence-corrected chi connectivity index (χ0v) is 9.20. The number of alkyl halides is 3. The normalized spacial score (nSPS) is 11.3. The summed E-state index contributed by atoms with van der Waals surface area (Å²) in [6.07, 6.45) is 5.02. The lowest BCUT2D eigenvalue weighted by Gasteiger charge is -2.06. The minimum absolute atomic E-state index is 0.000219. The van der Waals surface area contributed by atoms with Crippen LogP contribution in [0.1, 0.15) is 0 Å². The third-order valence-electron chi connectivity index (χ3n) is 1.15. The van der Waals surface area contributed by atoms with Gasteiger partial charge in [-0.05, 0) is 11.8 Å². The van der Waals surface area contributed by atoms with Gasteiger partial charge in [-0.15, -0.1) is 18.2 Å². The van der Waals surface area contributed by atoms with Crippen molar-refractivity contribution in [2.75, 3.05) is 30.3 Å². The van der Waals surface area contributed by atoms with Crippen LogP contribution in [0.25, 0.3) is 0 Å². The third-order valence-corrected chi connectivity index (χ3v) is 2.75. The second-order valence-electron chi connectivity index (χ2n) is 2.30.